The zero-order chi connectivity index (χ0) is 14.8. The van der Waals surface area contributed by atoms with Crippen LogP contribution >= 0.6 is 39.1 Å². The molecule has 0 unspecified atom stereocenters. The third kappa shape index (κ3) is 3.37. The van der Waals surface area contributed by atoms with Gasteiger partial charge in [-0.2, -0.15) is 4.98 Å². The van der Waals surface area contributed by atoms with Crippen molar-refractivity contribution >= 4 is 50.8 Å². The molecule has 0 atom stereocenters. The van der Waals surface area contributed by atoms with Gasteiger partial charge in [0, 0.05) is 20.7 Å². The molecule has 1 heterocycles. The van der Waals surface area contributed by atoms with E-state index in [0.717, 1.165) is 15.7 Å². The molecule has 7 heteroatoms. The maximum Gasteiger partial charge on any atom is 0.246 e. The van der Waals surface area contributed by atoms with Gasteiger partial charge in [-0.1, -0.05) is 39.1 Å². The van der Waals surface area contributed by atoms with E-state index in [-0.39, 0.29) is 0 Å². The van der Waals surface area contributed by atoms with Crippen LogP contribution in [0.5, 0.6) is 0 Å². The van der Waals surface area contributed by atoms with Crippen molar-refractivity contribution in [3.05, 3.63) is 57.0 Å². The Morgan fingerprint density at radius 1 is 1.05 bits per heavy atom. The summed E-state index contributed by atoms with van der Waals surface area (Å²) >= 11 is 15.4. The molecule has 0 saturated carbocycles. The lowest BCUT2D eigenvalue weighted by atomic mass is 10.2. The number of anilines is 2. The van der Waals surface area contributed by atoms with Gasteiger partial charge >= 0.3 is 0 Å². The Kier molecular flexibility index (Phi) is 4.14. The third-order valence-corrected chi connectivity index (χ3v) is 3.84. The van der Waals surface area contributed by atoms with E-state index in [9.17, 15) is 0 Å². The Balaban J connectivity index is 1.86. The molecule has 2 N–H and O–H groups in total. The lowest BCUT2D eigenvalue weighted by molar-refractivity contribution is 1.10. The van der Waals surface area contributed by atoms with Crippen molar-refractivity contribution in [2.24, 2.45) is 0 Å². The summed E-state index contributed by atoms with van der Waals surface area (Å²) in [7, 11) is 0. The average molecular weight is 384 g/mol. The average Bonchev–Trinajstić information content (AvgIpc) is 2.92. The smallest absolute Gasteiger partial charge is 0.246 e. The minimum absolute atomic E-state index is 0.461. The van der Waals surface area contributed by atoms with Gasteiger partial charge in [0.15, 0.2) is 5.82 Å². The highest BCUT2D eigenvalue weighted by atomic mass is 79.9. The highest BCUT2D eigenvalue weighted by Gasteiger charge is 2.10. The first kappa shape index (κ1) is 14.4. The fourth-order valence-electron chi connectivity index (χ4n) is 1.78. The number of hydrogen-bond donors (Lipinski definition) is 2. The van der Waals surface area contributed by atoms with E-state index in [1.165, 1.54) is 0 Å². The van der Waals surface area contributed by atoms with E-state index in [2.05, 4.69) is 36.4 Å². The van der Waals surface area contributed by atoms with Crippen molar-refractivity contribution in [3.63, 3.8) is 0 Å². The van der Waals surface area contributed by atoms with Crippen LogP contribution < -0.4 is 5.32 Å². The van der Waals surface area contributed by atoms with E-state index in [0.29, 0.717) is 21.8 Å². The molecule has 21 heavy (non-hydrogen) atoms. The molecule has 0 aliphatic rings. The molecule has 0 saturated heterocycles. The molecule has 0 amide bonds. The normalized spacial score (nSPS) is 10.6. The number of aromatic amines is 1. The topological polar surface area (TPSA) is 53.6 Å². The Morgan fingerprint density at radius 2 is 1.81 bits per heavy atom. The first-order chi connectivity index (χ1) is 10.1. The summed E-state index contributed by atoms with van der Waals surface area (Å²) in [6.45, 7) is 0. The molecule has 0 aliphatic carbocycles. The second-order valence-corrected chi connectivity index (χ2v) is 6.02. The van der Waals surface area contributed by atoms with Crippen LogP contribution in [-0.2, 0) is 0 Å². The Morgan fingerprint density at radius 3 is 2.57 bits per heavy atom. The largest absolute Gasteiger partial charge is 0.323 e. The van der Waals surface area contributed by atoms with Crippen LogP contribution in [0.1, 0.15) is 0 Å². The molecule has 0 bridgehead atoms. The van der Waals surface area contributed by atoms with Crippen molar-refractivity contribution in [3.8, 4) is 11.4 Å². The molecule has 0 spiro atoms. The van der Waals surface area contributed by atoms with Crippen molar-refractivity contribution in [1.82, 2.24) is 15.2 Å². The maximum absolute atomic E-state index is 6.17. The van der Waals surface area contributed by atoms with Gasteiger partial charge in [-0.15, -0.1) is 5.10 Å². The second kappa shape index (κ2) is 6.05. The van der Waals surface area contributed by atoms with Crippen LogP contribution in [0.15, 0.2) is 46.9 Å². The number of nitrogens with one attached hydrogen (secondary N) is 2. The van der Waals surface area contributed by atoms with E-state index in [1.807, 2.05) is 24.3 Å². The number of halogens is 3. The minimum Gasteiger partial charge on any atom is -0.323 e. The fourth-order valence-corrected chi connectivity index (χ4v) is 2.47. The SMILES string of the molecule is Clc1ccc(Nc2n[nH]c(-c3cc(Br)ccc3Cl)n2)cc1. The number of hydrogen-bond acceptors (Lipinski definition) is 3. The van der Waals surface area contributed by atoms with Crippen LogP contribution in [0.3, 0.4) is 0 Å². The number of nitrogens with zero attached hydrogens (tertiary/aromatic N) is 2. The van der Waals surface area contributed by atoms with Crippen LogP contribution in [0.25, 0.3) is 11.4 Å². The van der Waals surface area contributed by atoms with Gasteiger partial charge in [0.05, 0.1) is 5.02 Å². The molecule has 2 aromatic carbocycles. The number of benzene rings is 2. The van der Waals surface area contributed by atoms with Crippen LogP contribution in [-0.4, -0.2) is 15.2 Å². The lowest BCUT2D eigenvalue weighted by Gasteiger charge is -2.01. The van der Waals surface area contributed by atoms with Crippen LogP contribution in [0.4, 0.5) is 11.6 Å². The Labute approximate surface area is 139 Å². The van der Waals surface area contributed by atoms with Crippen molar-refractivity contribution in [2.75, 3.05) is 5.32 Å². The zero-order valence-corrected chi connectivity index (χ0v) is 13.7. The monoisotopic (exact) mass is 382 g/mol. The molecular formula is C14H9BrCl2N4. The predicted molar refractivity (Wildman–Crippen MR) is 89.3 cm³/mol. The van der Waals surface area contributed by atoms with E-state index < -0.39 is 0 Å². The third-order valence-electron chi connectivity index (χ3n) is 2.77. The summed E-state index contributed by atoms with van der Waals surface area (Å²) in [5, 5.41) is 11.4. The van der Waals surface area contributed by atoms with Gasteiger partial charge in [-0.25, -0.2) is 0 Å². The highest BCUT2D eigenvalue weighted by Crippen LogP contribution is 2.29. The Bertz CT molecular complexity index is 771. The number of aromatic nitrogens is 3. The Hall–Kier alpha value is -1.56. The summed E-state index contributed by atoms with van der Waals surface area (Å²) in [5.74, 6) is 1.06. The van der Waals surface area contributed by atoms with Gasteiger partial charge in [0.2, 0.25) is 5.95 Å². The summed E-state index contributed by atoms with van der Waals surface area (Å²) in [6.07, 6.45) is 0. The molecule has 0 radical (unpaired) electrons. The standard InChI is InChI=1S/C14H9BrCl2N4/c15-8-1-6-12(17)11(7-8)13-19-14(21-20-13)18-10-4-2-9(16)3-5-10/h1-7H,(H2,18,19,20,21). The fraction of sp³-hybridized carbons (Fsp3) is 0. The van der Waals surface area contributed by atoms with Crippen molar-refractivity contribution < 1.29 is 0 Å². The summed E-state index contributed by atoms with van der Waals surface area (Å²) in [5.41, 5.74) is 1.63. The predicted octanol–water partition coefficient (Wildman–Crippen LogP) is 5.28. The van der Waals surface area contributed by atoms with Gasteiger partial charge < -0.3 is 5.32 Å². The maximum atomic E-state index is 6.17. The van der Waals surface area contributed by atoms with Crippen molar-refractivity contribution in [1.29, 1.82) is 0 Å². The molecule has 3 rings (SSSR count). The van der Waals surface area contributed by atoms with Gasteiger partial charge in [-0.05, 0) is 42.5 Å². The number of rotatable bonds is 3. The molecule has 3 aromatic rings. The summed E-state index contributed by atoms with van der Waals surface area (Å²) in [6, 6.07) is 12.8. The molecule has 106 valence electrons. The summed E-state index contributed by atoms with van der Waals surface area (Å²) in [4.78, 5) is 4.38. The molecular weight excluding hydrogens is 375 g/mol. The summed E-state index contributed by atoms with van der Waals surface area (Å²) < 4.78 is 0.922. The number of H-pyrrole nitrogens is 1. The van der Waals surface area contributed by atoms with Gasteiger partial charge in [-0.3, -0.25) is 5.10 Å². The first-order valence-electron chi connectivity index (χ1n) is 6.02. The van der Waals surface area contributed by atoms with Gasteiger partial charge in [0.1, 0.15) is 0 Å². The lowest BCUT2D eigenvalue weighted by Crippen LogP contribution is -1.91. The first-order valence-corrected chi connectivity index (χ1v) is 7.57. The van der Waals surface area contributed by atoms with E-state index in [1.54, 1.807) is 18.2 Å². The molecule has 0 fully saturated rings. The molecule has 4 nitrogen and oxygen atoms in total. The molecule has 0 aliphatic heterocycles. The second-order valence-electron chi connectivity index (χ2n) is 4.26. The highest BCUT2D eigenvalue weighted by molar-refractivity contribution is 9.10. The van der Waals surface area contributed by atoms with Crippen LogP contribution in [0.2, 0.25) is 10.0 Å². The molecule has 1 aromatic heterocycles. The quantitative estimate of drug-likeness (QED) is 0.646. The van der Waals surface area contributed by atoms with Crippen molar-refractivity contribution in [2.45, 2.75) is 0 Å². The zero-order valence-electron chi connectivity index (χ0n) is 10.6. The van der Waals surface area contributed by atoms with E-state index in [4.69, 9.17) is 23.2 Å². The van der Waals surface area contributed by atoms with Gasteiger partial charge in [0.25, 0.3) is 0 Å². The van der Waals surface area contributed by atoms with Crippen LogP contribution in [0, 0.1) is 0 Å². The minimum atomic E-state index is 0.461. The van der Waals surface area contributed by atoms with E-state index >= 15 is 0 Å².